The third kappa shape index (κ3) is 4.01. The number of likely N-dealkylation sites (N-methyl/N-ethyl adjacent to an activating group) is 1. The average molecular weight is 356 g/mol. The molecule has 6 heteroatoms. The van der Waals surface area contributed by atoms with E-state index in [0.717, 1.165) is 47.6 Å². The second kappa shape index (κ2) is 7.68. The lowest BCUT2D eigenvalue weighted by molar-refractivity contribution is -0.885. The third-order valence-electron chi connectivity index (χ3n) is 4.39. The molecule has 2 aromatic rings. The zero-order chi connectivity index (χ0) is 17.8. The van der Waals surface area contributed by atoms with Gasteiger partial charge in [0.15, 0.2) is 6.54 Å². The molecule has 0 spiro atoms. The number of anilines is 1. The van der Waals surface area contributed by atoms with Crippen molar-refractivity contribution in [1.82, 2.24) is 0 Å². The molecule has 1 heterocycles. The number of nitrogens with zero attached hydrogens (tertiary/aromatic N) is 1. The van der Waals surface area contributed by atoms with E-state index in [1.165, 1.54) is 4.88 Å². The minimum Gasteiger partial charge on any atom is -0.497 e. The van der Waals surface area contributed by atoms with Gasteiger partial charge >= 0.3 is 0 Å². The summed E-state index contributed by atoms with van der Waals surface area (Å²) in [6, 6.07) is 10.1. The Labute approximate surface area is 151 Å². The molecule has 0 fully saturated rings. The number of rotatable bonds is 6. The highest BCUT2D eigenvalue weighted by Crippen LogP contribution is 2.38. The number of aryl methyl sites for hydroxylation is 1. The van der Waals surface area contributed by atoms with Crippen LogP contribution >= 0.6 is 11.3 Å². The number of ether oxygens (including phenoxy) is 1. The normalized spacial score (nSPS) is 13.8. The van der Waals surface area contributed by atoms with E-state index in [-0.39, 0.29) is 5.91 Å². The minimum atomic E-state index is -0.0585. The Morgan fingerprint density at radius 3 is 3.04 bits per heavy atom. The zero-order valence-electron chi connectivity index (χ0n) is 14.5. The molecule has 0 radical (unpaired) electrons. The number of hydrogen-bond donors (Lipinski definition) is 2. The maximum atomic E-state index is 12.4. The second-order valence-electron chi connectivity index (χ2n) is 6.38. The van der Waals surface area contributed by atoms with Gasteiger partial charge in [-0.3, -0.25) is 4.79 Å². The van der Waals surface area contributed by atoms with Crippen LogP contribution in [0.15, 0.2) is 24.3 Å². The van der Waals surface area contributed by atoms with E-state index in [4.69, 9.17) is 4.74 Å². The molecule has 1 unspecified atom stereocenters. The second-order valence-corrected chi connectivity index (χ2v) is 7.49. The summed E-state index contributed by atoms with van der Waals surface area (Å²) >= 11 is 1.56. The number of thiophene rings is 1. The molecule has 1 aromatic heterocycles. The van der Waals surface area contributed by atoms with E-state index in [1.54, 1.807) is 18.4 Å². The van der Waals surface area contributed by atoms with Crippen LogP contribution < -0.4 is 15.0 Å². The van der Waals surface area contributed by atoms with Crippen LogP contribution in [0.2, 0.25) is 0 Å². The van der Waals surface area contributed by atoms with Crippen molar-refractivity contribution in [3.8, 4) is 11.8 Å². The molecule has 1 atom stereocenters. The number of hydrogen-bond acceptors (Lipinski definition) is 4. The van der Waals surface area contributed by atoms with Crippen LogP contribution in [0.4, 0.5) is 5.00 Å². The van der Waals surface area contributed by atoms with Crippen molar-refractivity contribution < 1.29 is 14.4 Å². The van der Waals surface area contributed by atoms with Crippen LogP contribution in [0.25, 0.3) is 0 Å². The molecular weight excluding hydrogens is 334 g/mol. The van der Waals surface area contributed by atoms with Gasteiger partial charge in [0.05, 0.1) is 19.7 Å². The molecule has 130 valence electrons. The summed E-state index contributed by atoms with van der Waals surface area (Å²) in [6.07, 6.45) is 3.08. The van der Waals surface area contributed by atoms with E-state index in [1.807, 2.05) is 31.3 Å². The van der Waals surface area contributed by atoms with E-state index in [0.29, 0.717) is 17.1 Å². The minimum absolute atomic E-state index is 0.0585. The highest BCUT2D eigenvalue weighted by Gasteiger charge is 2.23. The van der Waals surface area contributed by atoms with Crippen LogP contribution in [-0.4, -0.2) is 26.6 Å². The predicted octanol–water partition coefficient (Wildman–Crippen LogP) is 1.77. The molecule has 1 aliphatic carbocycles. The Morgan fingerprint density at radius 2 is 2.28 bits per heavy atom. The monoisotopic (exact) mass is 356 g/mol. The highest BCUT2D eigenvalue weighted by molar-refractivity contribution is 7.16. The predicted molar refractivity (Wildman–Crippen MR) is 98.1 cm³/mol. The van der Waals surface area contributed by atoms with Crippen molar-refractivity contribution in [3.05, 3.63) is 45.8 Å². The van der Waals surface area contributed by atoms with Gasteiger partial charge in [-0.2, -0.15) is 5.26 Å². The maximum Gasteiger partial charge on any atom is 0.280 e. The molecule has 1 amide bonds. The Bertz CT molecular complexity index is 823. The lowest BCUT2D eigenvalue weighted by Crippen LogP contribution is -3.08. The number of quaternary nitrogens is 1. The van der Waals surface area contributed by atoms with E-state index < -0.39 is 0 Å². The number of nitriles is 1. The maximum absolute atomic E-state index is 12.4. The Morgan fingerprint density at radius 1 is 1.44 bits per heavy atom. The first-order chi connectivity index (χ1) is 12.1. The molecule has 2 N–H and O–H groups in total. The van der Waals surface area contributed by atoms with Crippen LogP contribution in [0.5, 0.6) is 5.75 Å². The van der Waals surface area contributed by atoms with Crippen molar-refractivity contribution in [3.63, 3.8) is 0 Å². The van der Waals surface area contributed by atoms with Crippen molar-refractivity contribution in [2.24, 2.45) is 0 Å². The van der Waals surface area contributed by atoms with Crippen LogP contribution in [0.3, 0.4) is 0 Å². The quantitative estimate of drug-likeness (QED) is 0.829. The first kappa shape index (κ1) is 17.5. The number of fused-ring (bicyclic) bond motifs is 1. The first-order valence-electron chi connectivity index (χ1n) is 8.39. The van der Waals surface area contributed by atoms with Crippen LogP contribution in [0.1, 0.15) is 28.0 Å². The number of carbonyl (C=O) groups excluding carboxylic acids is 1. The Kier molecular flexibility index (Phi) is 5.37. The zero-order valence-corrected chi connectivity index (χ0v) is 15.3. The molecule has 1 aliphatic rings. The molecule has 0 saturated heterocycles. The van der Waals surface area contributed by atoms with Gasteiger partial charge in [0.2, 0.25) is 0 Å². The summed E-state index contributed by atoms with van der Waals surface area (Å²) in [7, 11) is 3.63. The fourth-order valence-corrected chi connectivity index (χ4v) is 4.50. The summed E-state index contributed by atoms with van der Waals surface area (Å²) in [4.78, 5) is 14.7. The largest absolute Gasteiger partial charge is 0.497 e. The summed E-state index contributed by atoms with van der Waals surface area (Å²) in [5.74, 6) is 0.762. The molecule has 3 rings (SSSR count). The molecule has 1 aromatic carbocycles. The van der Waals surface area contributed by atoms with Gasteiger partial charge in [0.25, 0.3) is 5.91 Å². The molecule has 0 aliphatic heterocycles. The van der Waals surface area contributed by atoms with E-state index in [2.05, 4.69) is 11.4 Å². The first-order valence-corrected chi connectivity index (χ1v) is 9.21. The van der Waals surface area contributed by atoms with Gasteiger partial charge in [0, 0.05) is 10.4 Å². The van der Waals surface area contributed by atoms with Crippen molar-refractivity contribution in [1.29, 1.82) is 5.26 Å². The lowest BCUT2D eigenvalue weighted by Gasteiger charge is -2.14. The van der Waals surface area contributed by atoms with Gasteiger partial charge < -0.3 is 15.0 Å². The molecule has 5 nitrogen and oxygen atoms in total. The lowest BCUT2D eigenvalue weighted by atomic mass is 10.1. The number of benzene rings is 1. The molecule has 0 bridgehead atoms. The van der Waals surface area contributed by atoms with Gasteiger partial charge in [-0.05, 0) is 37.0 Å². The van der Waals surface area contributed by atoms with Gasteiger partial charge in [0.1, 0.15) is 23.4 Å². The summed E-state index contributed by atoms with van der Waals surface area (Å²) in [5, 5.41) is 13.1. The summed E-state index contributed by atoms with van der Waals surface area (Å²) < 4.78 is 5.23. The van der Waals surface area contributed by atoms with Crippen molar-refractivity contribution in [2.75, 3.05) is 26.0 Å². The number of carbonyl (C=O) groups is 1. The molecule has 0 saturated carbocycles. The van der Waals surface area contributed by atoms with Gasteiger partial charge in [-0.15, -0.1) is 11.3 Å². The van der Waals surface area contributed by atoms with Gasteiger partial charge in [-0.25, -0.2) is 0 Å². The van der Waals surface area contributed by atoms with E-state index >= 15 is 0 Å². The van der Waals surface area contributed by atoms with Crippen molar-refractivity contribution >= 4 is 22.2 Å². The van der Waals surface area contributed by atoms with Crippen LogP contribution in [0, 0.1) is 11.3 Å². The molecule has 25 heavy (non-hydrogen) atoms. The topological polar surface area (TPSA) is 66.6 Å². The molecular formula is C19H22N3O2S+. The smallest absolute Gasteiger partial charge is 0.280 e. The number of methoxy groups -OCH3 is 1. The third-order valence-corrected chi connectivity index (χ3v) is 5.60. The fourth-order valence-electron chi connectivity index (χ4n) is 3.25. The number of nitrogens with one attached hydrogen (secondary N) is 2. The standard InChI is InChI=1S/C19H21N3O2S/c1-22(11-13-5-3-6-14(9-13)24-2)12-18(23)21-19-16(10-20)15-7-4-8-17(15)25-19/h3,5-6,9H,4,7-8,11-12H2,1-2H3,(H,21,23)/p+1. The number of amides is 1. The van der Waals surface area contributed by atoms with Crippen molar-refractivity contribution in [2.45, 2.75) is 25.8 Å². The summed E-state index contributed by atoms with van der Waals surface area (Å²) in [6.45, 7) is 1.08. The summed E-state index contributed by atoms with van der Waals surface area (Å²) in [5.41, 5.74) is 2.92. The average Bonchev–Trinajstić information content (AvgIpc) is 3.15. The Hall–Kier alpha value is -2.36. The Balaban J connectivity index is 1.60. The fraction of sp³-hybridized carbons (Fsp3) is 0.368. The SMILES string of the molecule is COc1cccc(C[NH+](C)CC(=O)Nc2sc3c(c2C#N)CCC3)c1. The highest BCUT2D eigenvalue weighted by atomic mass is 32.1. The van der Waals surface area contributed by atoms with E-state index in [9.17, 15) is 10.1 Å². The van der Waals surface area contributed by atoms with Crippen LogP contribution in [-0.2, 0) is 24.2 Å². The van der Waals surface area contributed by atoms with Gasteiger partial charge in [-0.1, -0.05) is 12.1 Å².